The van der Waals surface area contributed by atoms with E-state index in [9.17, 15) is 4.79 Å². The zero-order valence-electron chi connectivity index (χ0n) is 13.0. The molecule has 0 bridgehead atoms. The molecule has 1 rings (SSSR count). The molecule has 0 spiro atoms. The number of nitrogen functional groups attached to an aromatic ring is 1. The lowest BCUT2D eigenvalue weighted by Gasteiger charge is -2.25. The highest BCUT2D eigenvalue weighted by Crippen LogP contribution is 2.26. The number of amides is 1. The molecule has 0 saturated heterocycles. The molecule has 0 saturated carbocycles. The first-order chi connectivity index (χ1) is 9.54. The molecular weight excluding hydrogens is 252 g/mol. The summed E-state index contributed by atoms with van der Waals surface area (Å²) in [5.74, 6) is 0.994. The first-order valence-electron chi connectivity index (χ1n) is 7.35. The van der Waals surface area contributed by atoms with Crippen molar-refractivity contribution in [1.29, 1.82) is 0 Å². The molecule has 0 aromatic heterocycles. The van der Waals surface area contributed by atoms with Gasteiger partial charge in [0.25, 0.3) is 5.91 Å². The lowest BCUT2D eigenvalue weighted by atomic mass is 10.1. The zero-order valence-corrected chi connectivity index (χ0v) is 13.0. The van der Waals surface area contributed by atoms with Gasteiger partial charge in [-0.25, -0.2) is 0 Å². The largest absolute Gasteiger partial charge is 0.493 e. The van der Waals surface area contributed by atoms with Crippen molar-refractivity contribution in [2.75, 3.05) is 25.4 Å². The number of hydrogen-bond donors (Lipinski definition) is 1. The van der Waals surface area contributed by atoms with Crippen molar-refractivity contribution in [3.05, 3.63) is 23.8 Å². The minimum atomic E-state index is -0.0469. The Hall–Kier alpha value is -1.71. The fraction of sp³-hybridized carbons (Fsp3) is 0.562. The second-order valence-corrected chi connectivity index (χ2v) is 5.01. The molecule has 20 heavy (non-hydrogen) atoms. The Kier molecular flexibility index (Phi) is 6.36. The van der Waals surface area contributed by atoms with E-state index in [4.69, 9.17) is 10.5 Å². The fourth-order valence-electron chi connectivity index (χ4n) is 2.07. The van der Waals surface area contributed by atoms with Gasteiger partial charge in [0.1, 0.15) is 11.3 Å². The highest BCUT2D eigenvalue weighted by atomic mass is 16.5. The predicted octanol–water partition coefficient (Wildman–Crippen LogP) is 3.18. The molecule has 1 atom stereocenters. The third-order valence-corrected chi connectivity index (χ3v) is 3.47. The second kappa shape index (κ2) is 7.78. The van der Waals surface area contributed by atoms with Gasteiger partial charge in [-0.15, -0.1) is 0 Å². The van der Waals surface area contributed by atoms with Crippen LogP contribution in [0.3, 0.4) is 0 Å². The molecule has 4 nitrogen and oxygen atoms in total. The minimum Gasteiger partial charge on any atom is -0.493 e. The highest BCUT2D eigenvalue weighted by molar-refractivity contribution is 6.01. The molecule has 0 aliphatic carbocycles. The Bertz CT molecular complexity index is 446. The van der Waals surface area contributed by atoms with Gasteiger partial charge in [-0.05, 0) is 31.9 Å². The normalized spacial score (nSPS) is 12.0. The Labute approximate surface area is 121 Å². The number of carbonyl (C=O) groups excluding carboxylic acids is 1. The van der Waals surface area contributed by atoms with Crippen LogP contribution in [0.5, 0.6) is 5.75 Å². The molecule has 4 heteroatoms. The van der Waals surface area contributed by atoms with Crippen LogP contribution in [0.15, 0.2) is 18.2 Å². The number of rotatable bonds is 7. The maximum Gasteiger partial charge on any atom is 0.259 e. The first kappa shape index (κ1) is 16.3. The summed E-state index contributed by atoms with van der Waals surface area (Å²) in [6.45, 7) is 10.1. The van der Waals surface area contributed by atoms with E-state index in [-0.39, 0.29) is 5.91 Å². The van der Waals surface area contributed by atoms with E-state index >= 15 is 0 Å². The number of hydrogen-bond acceptors (Lipinski definition) is 3. The molecule has 1 aromatic carbocycles. The summed E-state index contributed by atoms with van der Waals surface area (Å²) < 4.78 is 5.54. The Morgan fingerprint density at radius 3 is 2.60 bits per heavy atom. The number of nitrogens with two attached hydrogens (primary N) is 1. The van der Waals surface area contributed by atoms with Crippen LogP contribution in [0.1, 0.15) is 44.5 Å². The van der Waals surface area contributed by atoms with Gasteiger partial charge in [0.2, 0.25) is 0 Å². The first-order valence-corrected chi connectivity index (χ1v) is 7.35. The minimum absolute atomic E-state index is 0.0469. The van der Waals surface area contributed by atoms with Crippen LogP contribution < -0.4 is 10.5 Å². The lowest BCUT2D eigenvalue weighted by molar-refractivity contribution is 0.0738. The molecule has 0 aliphatic heterocycles. The van der Waals surface area contributed by atoms with Crippen LogP contribution >= 0.6 is 0 Å². The monoisotopic (exact) mass is 278 g/mol. The Balaban J connectivity index is 3.05. The summed E-state index contributed by atoms with van der Waals surface area (Å²) in [6.07, 6.45) is 1.05. The van der Waals surface area contributed by atoms with Gasteiger partial charge in [-0.1, -0.05) is 26.3 Å². The standard InChI is InChI=1S/C16H26N2O2/c1-5-12(4)11-18(6-2)16(19)15-13(17)9-8-10-14(15)20-7-3/h8-10,12H,5-7,11,17H2,1-4H3. The second-order valence-electron chi connectivity index (χ2n) is 5.01. The molecule has 2 N–H and O–H groups in total. The molecule has 1 unspecified atom stereocenters. The summed E-state index contributed by atoms with van der Waals surface area (Å²) in [5, 5.41) is 0. The molecule has 1 aromatic rings. The van der Waals surface area contributed by atoms with Crippen molar-refractivity contribution < 1.29 is 9.53 Å². The van der Waals surface area contributed by atoms with Crippen LogP contribution in [-0.2, 0) is 0 Å². The average Bonchev–Trinajstić information content (AvgIpc) is 2.44. The third kappa shape index (κ3) is 3.89. The number of benzene rings is 1. The van der Waals surface area contributed by atoms with Crippen LogP contribution in [0.25, 0.3) is 0 Å². The third-order valence-electron chi connectivity index (χ3n) is 3.47. The molecule has 0 aliphatic rings. The van der Waals surface area contributed by atoms with Gasteiger partial charge in [-0.2, -0.15) is 0 Å². The quantitative estimate of drug-likeness (QED) is 0.779. The average molecular weight is 278 g/mol. The maximum absolute atomic E-state index is 12.7. The fourth-order valence-corrected chi connectivity index (χ4v) is 2.07. The van der Waals surface area contributed by atoms with Crippen molar-refractivity contribution in [2.45, 2.75) is 34.1 Å². The van der Waals surface area contributed by atoms with Gasteiger partial charge in [0.05, 0.1) is 6.61 Å². The van der Waals surface area contributed by atoms with Crippen molar-refractivity contribution in [3.63, 3.8) is 0 Å². The topological polar surface area (TPSA) is 55.6 Å². The van der Waals surface area contributed by atoms with Crippen molar-refractivity contribution in [3.8, 4) is 5.75 Å². The lowest BCUT2D eigenvalue weighted by Crippen LogP contribution is -2.35. The van der Waals surface area contributed by atoms with E-state index in [1.807, 2.05) is 24.8 Å². The molecule has 0 radical (unpaired) electrons. The van der Waals surface area contributed by atoms with Crippen molar-refractivity contribution in [2.24, 2.45) is 5.92 Å². The summed E-state index contributed by atoms with van der Waals surface area (Å²) in [5.41, 5.74) is 6.94. The van der Waals surface area contributed by atoms with Crippen LogP contribution in [0.4, 0.5) is 5.69 Å². The van der Waals surface area contributed by atoms with E-state index in [1.165, 1.54) is 0 Å². The van der Waals surface area contributed by atoms with Crippen LogP contribution in [0, 0.1) is 5.92 Å². The van der Waals surface area contributed by atoms with Gasteiger partial charge in [0, 0.05) is 18.8 Å². The molecule has 0 heterocycles. The van der Waals surface area contributed by atoms with Crippen molar-refractivity contribution >= 4 is 11.6 Å². The van der Waals surface area contributed by atoms with Gasteiger partial charge in [0.15, 0.2) is 0 Å². The molecular formula is C16H26N2O2. The van der Waals surface area contributed by atoms with Crippen LogP contribution in [0.2, 0.25) is 0 Å². The molecule has 0 fully saturated rings. The summed E-state index contributed by atoms with van der Waals surface area (Å²) in [4.78, 5) is 14.5. The zero-order chi connectivity index (χ0) is 15.1. The summed E-state index contributed by atoms with van der Waals surface area (Å²) in [7, 11) is 0. The highest BCUT2D eigenvalue weighted by Gasteiger charge is 2.22. The van der Waals surface area contributed by atoms with E-state index < -0.39 is 0 Å². The molecule has 1 amide bonds. The molecule has 112 valence electrons. The van der Waals surface area contributed by atoms with E-state index in [2.05, 4.69) is 13.8 Å². The number of ether oxygens (including phenoxy) is 1. The van der Waals surface area contributed by atoms with Gasteiger partial charge in [-0.3, -0.25) is 4.79 Å². The SMILES string of the molecule is CCOc1cccc(N)c1C(=O)N(CC)CC(C)CC. The van der Waals surface area contributed by atoms with Gasteiger partial charge >= 0.3 is 0 Å². The van der Waals surface area contributed by atoms with E-state index in [0.717, 1.165) is 13.0 Å². The maximum atomic E-state index is 12.7. The van der Waals surface area contributed by atoms with Gasteiger partial charge < -0.3 is 15.4 Å². The van der Waals surface area contributed by atoms with Crippen molar-refractivity contribution in [1.82, 2.24) is 4.90 Å². The van der Waals surface area contributed by atoms with E-state index in [1.54, 1.807) is 12.1 Å². The van der Waals surface area contributed by atoms with E-state index in [0.29, 0.717) is 36.1 Å². The predicted molar refractivity (Wildman–Crippen MR) is 83.1 cm³/mol. The van der Waals surface area contributed by atoms with Crippen LogP contribution in [-0.4, -0.2) is 30.5 Å². The number of carbonyl (C=O) groups is 1. The Morgan fingerprint density at radius 2 is 2.05 bits per heavy atom. The number of anilines is 1. The summed E-state index contributed by atoms with van der Waals surface area (Å²) in [6, 6.07) is 5.35. The smallest absolute Gasteiger partial charge is 0.259 e. The Morgan fingerprint density at radius 1 is 1.35 bits per heavy atom. The summed E-state index contributed by atoms with van der Waals surface area (Å²) >= 11 is 0. The number of nitrogens with zero attached hydrogens (tertiary/aromatic N) is 1.